The lowest BCUT2D eigenvalue weighted by molar-refractivity contribution is -0.141. The van der Waals surface area contributed by atoms with E-state index in [2.05, 4.69) is 4.74 Å². The van der Waals surface area contributed by atoms with Crippen molar-refractivity contribution in [1.29, 1.82) is 0 Å². The van der Waals surface area contributed by atoms with Crippen LogP contribution in [0.3, 0.4) is 0 Å². The van der Waals surface area contributed by atoms with E-state index >= 15 is 0 Å². The minimum Gasteiger partial charge on any atom is -0.469 e. The van der Waals surface area contributed by atoms with Crippen LogP contribution in [-0.2, 0) is 14.3 Å². The topological polar surface area (TPSA) is 35.5 Å². The third kappa shape index (κ3) is 15.3. The van der Waals surface area contributed by atoms with Crippen LogP contribution in [-0.4, -0.2) is 32.5 Å². The lowest BCUT2D eigenvalue weighted by Crippen LogP contribution is -2.06. The van der Waals surface area contributed by atoms with Gasteiger partial charge < -0.3 is 9.47 Å². The number of ether oxygens (including phenoxy) is 2. The molecule has 0 aliphatic carbocycles. The summed E-state index contributed by atoms with van der Waals surface area (Å²) in [6, 6.07) is 0. The first kappa shape index (κ1) is 19.2. The molecule has 0 spiro atoms. The maximum atomic E-state index is 11.9. The van der Waals surface area contributed by atoms with Crippen molar-refractivity contribution in [1.82, 2.24) is 0 Å². The zero-order valence-electron chi connectivity index (χ0n) is 12.1. The number of hydrogen-bond acceptors (Lipinski definition) is 3. The molecule has 0 radical (unpaired) electrons. The molecule has 0 saturated carbocycles. The molecule has 3 nitrogen and oxygen atoms in total. The molecule has 0 rings (SSSR count). The van der Waals surface area contributed by atoms with Gasteiger partial charge in [0.1, 0.15) is 0 Å². The molecule has 0 aliphatic rings. The summed E-state index contributed by atoms with van der Waals surface area (Å²) in [5.41, 5.74) is 0. The van der Waals surface area contributed by atoms with Crippen LogP contribution in [0.4, 0.5) is 13.2 Å². The van der Waals surface area contributed by atoms with E-state index in [-0.39, 0.29) is 18.8 Å². The molecule has 0 fully saturated rings. The lowest BCUT2D eigenvalue weighted by Gasteiger charge is -2.06. The Bertz CT molecular complexity index is 242. The molecule has 0 aliphatic heterocycles. The summed E-state index contributed by atoms with van der Waals surface area (Å²) in [5, 5.41) is 0. The average Bonchev–Trinajstić information content (AvgIpc) is 2.38. The van der Waals surface area contributed by atoms with Crippen molar-refractivity contribution >= 4 is 5.97 Å². The van der Waals surface area contributed by atoms with Crippen molar-refractivity contribution < 1.29 is 27.4 Å². The van der Waals surface area contributed by atoms with E-state index in [1.54, 1.807) is 0 Å². The van der Waals surface area contributed by atoms with Crippen molar-refractivity contribution in [2.24, 2.45) is 0 Å². The number of unbranched alkanes of at least 4 members (excludes halogenated alkanes) is 6. The second-order valence-electron chi connectivity index (χ2n) is 4.78. The van der Waals surface area contributed by atoms with Gasteiger partial charge in [-0.05, 0) is 12.8 Å². The van der Waals surface area contributed by atoms with E-state index in [4.69, 9.17) is 4.74 Å². The number of esters is 1. The van der Waals surface area contributed by atoms with Crippen LogP contribution in [0, 0.1) is 0 Å². The van der Waals surface area contributed by atoms with E-state index in [1.807, 2.05) is 0 Å². The van der Waals surface area contributed by atoms with Crippen molar-refractivity contribution in [2.75, 3.05) is 20.3 Å². The Hall–Kier alpha value is -0.780. The molecule has 0 aromatic rings. The number of halogens is 3. The van der Waals surface area contributed by atoms with E-state index in [9.17, 15) is 18.0 Å². The van der Waals surface area contributed by atoms with Gasteiger partial charge in [-0.15, -0.1) is 0 Å². The van der Waals surface area contributed by atoms with E-state index in [0.717, 1.165) is 32.1 Å². The number of alkyl halides is 3. The van der Waals surface area contributed by atoms with Gasteiger partial charge in [0.05, 0.1) is 20.1 Å². The van der Waals surface area contributed by atoms with E-state index in [1.165, 1.54) is 7.11 Å². The van der Waals surface area contributed by atoms with Crippen molar-refractivity contribution in [2.45, 2.75) is 64.0 Å². The Morgan fingerprint density at radius 2 is 1.45 bits per heavy atom. The van der Waals surface area contributed by atoms with Crippen molar-refractivity contribution in [3.05, 3.63) is 0 Å². The lowest BCUT2D eigenvalue weighted by atomic mass is 10.1. The molecule has 0 amide bonds. The molecule has 0 aromatic heterocycles. The molecule has 6 heteroatoms. The van der Waals surface area contributed by atoms with Crippen molar-refractivity contribution in [3.8, 4) is 0 Å². The highest BCUT2D eigenvalue weighted by Crippen LogP contribution is 2.23. The minimum atomic E-state index is -4.01. The SMILES string of the molecule is COC(=O)CCOCCCCCCCCCC(F)(F)F. The molecule has 0 heterocycles. The maximum Gasteiger partial charge on any atom is 0.389 e. The molecule has 0 aromatic carbocycles. The van der Waals surface area contributed by atoms with Crippen LogP contribution in [0.2, 0.25) is 0 Å². The molecule has 0 unspecified atom stereocenters. The highest BCUT2D eigenvalue weighted by atomic mass is 19.4. The highest BCUT2D eigenvalue weighted by Gasteiger charge is 2.25. The van der Waals surface area contributed by atoms with Gasteiger partial charge in [0.2, 0.25) is 0 Å². The Morgan fingerprint density at radius 1 is 0.900 bits per heavy atom. The number of hydrogen-bond donors (Lipinski definition) is 0. The van der Waals surface area contributed by atoms with Gasteiger partial charge in [0.15, 0.2) is 0 Å². The van der Waals surface area contributed by atoms with Crippen LogP contribution in [0.1, 0.15) is 57.8 Å². The fourth-order valence-electron chi connectivity index (χ4n) is 1.77. The van der Waals surface area contributed by atoms with Crippen LogP contribution in [0.15, 0.2) is 0 Å². The normalized spacial score (nSPS) is 11.6. The first-order valence-corrected chi connectivity index (χ1v) is 7.17. The fraction of sp³-hybridized carbons (Fsp3) is 0.929. The Morgan fingerprint density at radius 3 is 2.00 bits per heavy atom. The molecule has 0 saturated heterocycles. The third-order valence-corrected chi connectivity index (χ3v) is 2.93. The second-order valence-corrected chi connectivity index (χ2v) is 4.78. The standard InChI is InChI=1S/C14H25F3O3/c1-19-13(18)9-12-20-11-8-6-4-2-3-5-7-10-14(15,16)17/h2-12H2,1H3. The smallest absolute Gasteiger partial charge is 0.389 e. The summed E-state index contributed by atoms with van der Waals surface area (Å²) < 4.78 is 45.3. The minimum absolute atomic E-state index is 0.236. The van der Waals surface area contributed by atoms with Gasteiger partial charge in [-0.2, -0.15) is 13.2 Å². The molecule has 20 heavy (non-hydrogen) atoms. The zero-order valence-corrected chi connectivity index (χ0v) is 12.1. The summed E-state index contributed by atoms with van der Waals surface area (Å²) in [6.07, 6.45) is 1.26. The molecule has 0 bridgehead atoms. The number of methoxy groups -OCH3 is 1. The van der Waals surface area contributed by atoms with Gasteiger partial charge in [0.25, 0.3) is 0 Å². The molecule has 0 atom stereocenters. The van der Waals surface area contributed by atoms with Crippen molar-refractivity contribution in [3.63, 3.8) is 0 Å². The quantitative estimate of drug-likeness (QED) is 0.399. The first-order chi connectivity index (χ1) is 9.45. The zero-order chi connectivity index (χ0) is 15.3. The van der Waals surface area contributed by atoms with Crippen LogP contribution in [0.5, 0.6) is 0 Å². The predicted molar refractivity (Wildman–Crippen MR) is 70.4 cm³/mol. The summed E-state index contributed by atoms with van der Waals surface area (Å²) in [7, 11) is 1.34. The van der Waals surface area contributed by atoms with Gasteiger partial charge in [-0.1, -0.05) is 32.1 Å². The maximum absolute atomic E-state index is 11.9. The first-order valence-electron chi connectivity index (χ1n) is 7.17. The molecule has 0 N–H and O–H groups in total. The average molecular weight is 298 g/mol. The highest BCUT2D eigenvalue weighted by molar-refractivity contribution is 5.69. The van der Waals surface area contributed by atoms with Gasteiger partial charge >= 0.3 is 12.1 Å². The van der Waals surface area contributed by atoms with Crippen LogP contribution in [0.25, 0.3) is 0 Å². The van der Waals surface area contributed by atoms with E-state index in [0.29, 0.717) is 19.6 Å². The molecular formula is C14H25F3O3. The summed E-state index contributed by atoms with van der Waals surface area (Å²) >= 11 is 0. The Balaban J connectivity index is 3.08. The monoisotopic (exact) mass is 298 g/mol. The van der Waals surface area contributed by atoms with E-state index < -0.39 is 12.6 Å². The largest absolute Gasteiger partial charge is 0.469 e. The Kier molecular flexibility index (Phi) is 11.5. The third-order valence-electron chi connectivity index (χ3n) is 2.93. The summed E-state index contributed by atoms with van der Waals surface area (Å²) in [6.45, 7) is 0.995. The molecular weight excluding hydrogens is 273 g/mol. The Labute approximate surface area is 118 Å². The van der Waals surface area contributed by atoms with Crippen LogP contribution >= 0.6 is 0 Å². The summed E-state index contributed by atoms with van der Waals surface area (Å²) in [5.74, 6) is -0.274. The number of carbonyl (C=O) groups excluding carboxylic acids is 1. The van der Waals surface area contributed by atoms with Gasteiger partial charge in [0, 0.05) is 13.0 Å². The fourth-order valence-corrected chi connectivity index (χ4v) is 1.77. The summed E-state index contributed by atoms with van der Waals surface area (Å²) in [4.78, 5) is 10.8. The number of rotatable bonds is 12. The van der Waals surface area contributed by atoms with Crippen LogP contribution < -0.4 is 0 Å². The predicted octanol–water partition coefficient (Wildman–Crippen LogP) is 4.25. The molecule has 120 valence electrons. The van der Waals surface area contributed by atoms with Gasteiger partial charge in [-0.3, -0.25) is 4.79 Å². The van der Waals surface area contributed by atoms with Gasteiger partial charge in [-0.25, -0.2) is 0 Å². The second kappa shape index (κ2) is 12.0. The number of carbonyl (C=O) groups is 1.